The number of hydrogen-bond acceptors (Lipinski definition) is 3. The van der Waals surface area contributed by atoms with Crippen LogP contribution in [0.1, 0.15) is 10.4 Å². The first-order chi connectivity index (χ1) is 8.70. The van der Waals surface area contributed by atoms with Gasteiger partial charge in [-0.1, -0.05) is 18.2 Å². The average molecular weight is 243 g/mol. The van der Waals surface area contributed by atoms with Crippen LogP contribution < -0.4 is 10.1 Å². The molecule has 4 heteroatoms. The van der Waals surface area contributed by atoms with Gasteiger partial charge in [-0.2, -0.15) is 0 Å². The molecule has 4 nitrogen and oxygen atoms in total. The van der Waals surface area contributed by atoms with E-state index in [1.54, 1.807) is 42.5 Å². The molecule has 0 fully saturated rings. The van der Waals surface area contributed by atoms with E-state index in [4.69, 9.17) is 4.74 Å². The van der Waals surface area contributed by atoms with Crippen LogP contribution in [-0.2, 0) is 0 Å². The quantitative estimate of drug-likeness (QED) is 0.871. The highest BCUT2D eigenvalue weighted by Gasteiger charge is 2.11. The molecule has 0 aliphatic carbocycles. The van der Waals surface area contributed by atoms with E-state index in [-0.39, 0.29) is 11.7 Å². The highest BCUT2D eigenvalue weighted by molar-refractivity contribution is 6.06. The number of benzene rings is 2. The van der Waals surface area contributed by atoms with E-state index >= 15 is 0 Å². The third kappa shape index (κ3) is 2.60. The van der Waals surface area contributed by atoms with Gasteiger partial charge < -0.3 is 15.2 Å². The summed E-state index contributed by atoms with van der Waals surface area (Å²) in [5.41, 5.74) is 0.981. The minimum absolute atomic E-state index is 0.104. The molecule has 0 aliphatic heterocycles. The van der Waals surface area contributed by atoms with Crippen LogP contribution in [0.15, 0.2) is 48.5 Å². The zero-order valence-corrected chi connectivity index (χ0v) is 9.88. The van der Waals surface area contributed by atoms with Crippen LogP contribution in [0.3, 0.4) is 0 Å². The first-order valence-electron chi connectivity index (χ1n) is 5.44. The SMILES string of the molecule is COc1ccccc1C(=O)Nc1cccc(O)c1. The number of hydrogen-bond donors (Lipinski definition) is 2. The van der Waals surface area contributed by atoms with Crippen molar-refractivity contribution in [2.24, 2.45) is 0 Å². The molecule has 2 aromatic rings. The van der Waals surface area contributed by atoms with E-state index < -0.39 is 0 Å². The minimum atomic E-state index is -0.280. The average Bonchev–Trinajstić information content (AvgIpc) is 2.38. The molecule has 0 aromatic heterocycles. The fraction of sp³-hybridized carbons (Fsp3) is 0.0714. The minimum Gasteiger partial charge on any atom is -0.508 e. The van der Waals surface area contributed by atoms with Crippen LogP contribution >= 0.6 is 0 Å². The van der Waals surface area contributed by atoms with Gasteiger partial charge in [0.25, 0.3) is 5.91 Å². The van der Waals surface area contributed by atoms with Crippen molar-refractivity contribution >= 4 is 11.6 Å². The first-order valence-corrected chi connectivity index (χ1v) is 5.44. The van der Waals surface area contributed by atoms with Gasteiger partial charge in [-0.3, -0.25) is 4.79 Å². The van der Waals surface area contributed by atoms with Gasteiger partial charge >= 0.3 is 0 Å². The number of para-hydroxylation sites is 1. The first kappa shape index (κ1) is 12.0. The van der Waals surface area contributed by atoms with Gasteiger partial charge in [-0.25, -0.2) is 0 Å². The normalized spacial score (nSPS) is 9.83. The number of nitrogens with one attached hydrogen (secondary N) is 1. The number of phenolic OH excluding ortho intramolecular Hbond substituents is 1. The lowest BCUT2D eigenvalue weighted by molar-refractivity contribution is 0.102. The second-order valence-corrected chi connectivity index (χ2v) is 3.70. The van der Waals surface area contributed by atoms with Crippen molar-refractivity contribution in [2.45, 2.75) is 0 Å². The maximum atomic E-state index is 12.0. The van der Waals surface area contributed by atoms with Crippen LogP contribution in [0, 0.1) is 0 Å². The molecule has 18 heavy (non-hydrogen) atoms. The van der Waals surface area contributed by atoms with E-state index in [0.29, 0.717) is 17.0 Å². The van der Waals surface area contributed by atoms with Gasteiger partial charge in [0.1, 0.15) is 11.5 Å². The summed E-state index contributed by atoms with van der Waals surface area (Å²) in [6.45, 7) is 0. The molecule has 0 bridgehead atoms. The number of ether oxygens (including phenoxy) is 1. The van der Waals surface area contributed by atoms with Crippen molar-refractivity contribution in [2.75, 3.05) is 12.4 Å². The van der Waals surface area contributed by atoms with Gasteiger partial charge in [0, 0.05) is 11.8 Å². The lowest BCUT2D eigenvalue weighted by Gasteiger charge is -2.09. The Kier molecular flexibility index (Phi) is 3.48. The maximum Gasteiger partial charge on any atom is 0.259 e. The number of rotatable bonds is 3. The molecule has 92 valence electrons. The van der Waals surface area contributed by atoms with Crippen LogP contribution in [0.25, 0.3) is 0 Å². The number of anilines is 1. The summed E-state index contributed by atoms with van der Waals surface area (Å²) in [4.78, 5) is 12.0. The van der Waals surface area contributed by atoms with E-state index in [1.807, 2.05) is 0 Å². The highest BCUT2D eigenvalue weighted by Crippen LogP contribution is 2.20. The summed E-state index contributed by atoms with van der Waals surface area (Å²) in [6, 6.07) is 13.3. The van der Waals surface area contributed by atoms with Gasteiger partial charge in [-0.05, 0) is 24.3 Å². The topological polar surface area (TPSA) is 58.6 Å². The van der Waals surface area contributed by atoms with Gasteiger partial charge in [-0.15, -0.1) is 0 Å². The van der Waals surface area contributed by atoms with E-state index in [1.165, 1.54) is 13.2 Å². The lowest BCUT2D eigenvalue weighted by atomic mass is 10.2. The fourth-order valence-electron chi connectivity index (χ4n) is 1.61. The Bertz CT molecular complexity index is 566. The molecule has 2 N–H and O–H groups in total. The summed E-state index contributed by atoms with van der Waals surface area (Å²) in [5.74, 6) is 0.334. The third-order valence-corrected chi connectivity index (χ3v) is 2.46. The zero-order chi connectivity index (χ0) is 13.0. The summed E-state index contributed by atoms with van der Waals surface area (Å²) in [6.07, 6.45) is 0. The lowest BCUT2D eigenvalue weighted by Crippen LogP contribution is -2.12. The number of aromatic hydroxyl groups is 1. The predicted octanol–water partition coefficient (Wildman–Crippen LogP) is 2.65. The van der Waals surface area contributed by atoms with Crippen LogP contribution in [0.5, 0.6) is 11.5 Å². The van der Waals surface area contributed by atoms with E-state index in [2.05, 4.69) is 5.32 Å². The van der Waals surface area contributed by atoms with Crippen LogP contribution in [0.2, 0.25) is 0 Å². The van der Waals surface area contributed by atoms with Crippen LogP contribution in [-0.4, -0.2) is 18.1 Å². The number of carbonyl (C=O) groups is 1. The van der Waals surface area contributed by atoms with Crippen molar-refractivity contribution in [1.29, 1.82) is 0 Å². The molecule has 0 atom stereocenters. The number of carbonyl (C=O) groups excluding carboxylic acids is 1. The smallest absolute Gasteiger partial charge is 0.259 e. The molecule has 0 spiro atoms. The third-order valence-electron chi connectivity index (χ3n) is 2.46. The number of phenols is 1. The molecule has 0 saturated carbocycles. The van der Waals surface area contributed by atoms with Crippen LogP contribution in [0.4, 0.5) is 5.69 Å². The Morgan fingerprint density at radius 3 is 2.67 bits per heavy atom. The molecule has 0 heterocycles. The molecule has 0 unspecified atom stereocenters. The van der Waals surface area contributed by atoms with Crippen molar-refractivity contribution in [3.8, 4) is 11.5 Å². The van der Waals surface area contributed by atoms with E-state index in [0.717, 1.165) is 0 Å². The predicted molar refractivity (Wildman–Crippen MR) is 69.1 cm³/mol. The van der Waals surface area contributed by atoms with Gasteiger partial charge in [0.05, 0.1) is 12.7 Å². The Hall–Kier alpha value is -2.49. The van der Waals surface area contributed by atoms with Crippen molar-refractivity contribution in [3.63, 3.8) is 0 Å². The maximum absolute atomic E-state index is 12.0. The Morgan fingerprint density at radius 1 is 1.17 bits per heavy atom. The Morgan fingerprint density at radius 2 is 1.94 bits per heavy atom. The number of methoxy groups -OCH3 is 1. The van der Waals surface area contributed by atoms with Crippen molar-refractivity contribution < 1.29 is 14.6 Å². The van der Waals surface area contributed by atoms with E-state index in [9.17, 15) is 9.90 Å². The highest BCUT2D eigenvalue weighted by atomic mass is 16.5. The standard InChI is InChI=1S/C14H13NO3/c1-18-13-8-3-2-7-12(13)14(17)15-10-5-4-6-11(16)9-10/h2-9,16H,1H3,(H,15,17). The Labute approximate surface area is 105 Å². The molecule has 2 rings (SSSR count). The summed E-state index contributed by atoms with van der Waals surface area (Å²) in [5, 5.41) is 12.0. The molecule has 1 amide bonds. The molecule has 0 aliphatic rings. The van der Waals surface area contributed by atoms with Gasteiger partial charge in [0.15, 0.2) is 0 Å². The fourth-order valence-corrected chi connectivity index (χ4v) is 1.61. The summed E-state index contributed by atoms with van der Waals surface area (Å²) >= 11 is 0. The Balaban J connectivity index is 2.22. The molecule has 2 aromatic carbocycles. The molecular weight excluding hydrogens is 230 g/mol. The second kappa shape index (κ2) is 5.23. The molecular formula is C14H13NO3. The zero-order valence-electron chi connectivity index (χ0n) is 9.88. The number of amides is 1. The molecule has 0 radical (unpaired) electrons. The second-order valence-electron chi connectivity index (χ2n) is 3.70. The summed E-state index contributed by atoms with van der Waals surface area (Å²) < 4.78 is 5.12. The largest absolute Gasteiger partial charge is 0.508 e. The van der Waals surface area contributed by atoms with Crippen molar-refractivity contribution in [3.05, 3.63) is 54.1 Å². The molecule has 0 saturated heterocycles. The van der Waals surface area contributed by atoms with Crippen molar-refractivity contribution in [1.82, 2.24) is 0 Å². The summed E-state index contributed by atoms with van der Waals surface area (Å²) in [7, 11) is 1.51. The van der Waals surface area contributed by atoms with Gasteiger partial charge in [0.2, 0.25) is 0 Å². The monoisotopic (exact) mass is 243 g/mol.